The van der Waals surface area contributed by atoms with Gasteiger partial charge in [-0.3, -0.25) is 10.2 Å². The maximum absolute atomic E-state index is 11.4. The molecule has 7 nitrogen and oxygen atoms in total. The highest BCUT2D eigenvalue weighted by atomic mass is 32.2. The van der Waals surface area contributed by atoms with E-state index < -0.39 is 5.78 Å². The normalized spacial score (nSPS) is 14.3. The molecule has 0 aliphatic carbocycles. The van der Waals surface area contributed by atoms with Crippen molar-refractivity contribution in [2.45, 2.75) is 25.3 Å². The number of rotatable bonds is 5. The molecule has 0 unspecified atom stereocenters. The number of hydrogen-bond acceptors (Lipinski definition) is 8. The maximum atomic E-state index is 11.4. The van der Waals surface area contributed by atoms with Crippen LogP contribution in [0.5, 0.6) is 0 Å². The van der Waals surface area contributed by atoms with E-state index in [0.717, 1.165) is 16.0 Å². The molecule has 1 aliphatic heterocycles. The van der Waals surface area contributed by atoms with Crippen LogP contribution in [0.3, 0.4) is 0 Å². The fraction of sp³-hybridized carbons (Fsp3) is 0.158. The van der Waals surface area contributed by atoms with E-state index in [1.807, 2.05) is 6.92 Å². The number of carbonyl (C=O) groups excluding carboxylic acids is 1. The van der Waals surface area contributed by atoms with Crippen LogP contribution in [0.1, 0.15) is 35.5 Å². The van der Waals surface area contributed by atoms with E-state index in [0.29, 0.717) is 39.9 Å². The van der Waals surface area contributed by atoms with Crippen LogP contribution in [0.15, 0.2) is 41.1 Å². The average Bonchev–Trinajstić information content (AvgIpc) is 3.01. The van der Waals surface area contributed by atoms with E-state index in [1.165, 1.54) is 18.1 Å². The Labute approximate surface area is 160 Å². The molecule has 134 valence electrons. The monoisotopic (exact) mass is 376 g/mol. The lowest BCUT2D eigenvalue weighted by atomic mass is 10.0. The molecular formula is C19H16N6OS. The zero-order chi connectivity index (χ0) is 19.6. The first-order valence-electron chi connectivity index (χ1n) is 8.08. The van der Waals surface area contributed by atoms with Crippen LogP contribution in [0.2, 0.25) is 0 Å². The van der Waals surface area contributed by atoms with Gasteiger partial charge in [0.15, 0.2) is 0 Å². The third kappa shape index (κ3) is 3.64. The molecule has 27 heavy (non-hydrogen) atoms. The van der Waals surface area contributed by atoms with Gasteiger partial charge in [0.05, 0.1) is 10.6 Å². The van der Waals surface area contributed by atoms with Crippen molar-refractivity contribution >= 4 is 39.7 Å². The number of Topliss-reactive ketones (excluding diaryl/α,β-unsaturated/α-hetero) is 1. The summed E-state index contributed by atoms with van der Waals surface area (Å²) in [6.07, 6.45) is 1.45. The van der Waals surface area contributed by atoms with E-state index in [2.05, 4.69) is 15.3 Å². The lowest BCUT2D eigenvalue weighted by Crippen LogP contribution is -2.05. The fourth-order valence-electron chi connectivity index (χ4n) is 2.59. The molecule has 0 saturated carbocycles. The largest absolute Gasteiger partial charge is 0.365 e. The number of fused-ring (bicyclic) bond motifs is 1. The molecule has 1 aromatic carbocycles. The highest BCUT2D eigenvalue weighted by molar-refractivity contribution is 8.15. The van der Waals surface area contributed by atoms with Crippen LogP contribution in [-0.4, -0.2) is 26.5 Å². The molecule has 0 spiro atoms. The van der Waals surface area contributed by atoms with Crippen LogP contribution in [0.25, 0.3) is 5.57 Å². The zero-order valence-electron chi connectivity index (χ0n) is 14.8. The summed E-state index contributed by atoms with van der Waals surface area (Å²) >= 11 is 1.28. The van der Waals surface area contributed by atoms with Crippen molar-refractivity contribution in [2.75, 3.05) is 5.32 Å². The third-order valence-electron chi connectivity index (χ3n) is 4.19. The molecule has 8 heteroatoms. The average molecular weight is 376 g/mol. The number of nitriles is 1. The molecule has 3 rings (SSSR count). The summed E-state index contributed by atoms with van der Waals surface area (Å²) in [6.45, 7) is 3.99. The Balaban J connectivity index is 1.84. The lowest BCUT2D eigenvalue weighted by Gasteiger charge is -2.09. The van der Waals surface area contributed by atoms with Crippen LogP contribution in [0.4, 0.5) is 5.82 Å². The standard InChI is InChI=1S/C19H16N6OS/c1-10(11(2)21)15-16-17(27-18(15)22)19(25-9-24-16)23-8-12-3-5-13(6-4-12)14(26)7-20/h3-6,9,21-22H,8H2,1-2H3,(H,23,24,25)/b15-10-,21-11?,22-18?. The number of carbonyl (C=O) groups is 1. The van der Waals surface area contributed by atoms with Gasteiger partial charge in [-0.1, -0.05) is 23.9 Å². The van der Waals surface area contributed by atoms with E-state index in [1.54, 1.807) is 37.3 Å². The van der Waals surface area contributed by atoms with Gasteiger partial charge >= 0.3 is 0 Å². The van der Waals surface area contributed by atoms with Gasteiger partial charge in [-0.25, -0.2) is 9.97 Å². The number of anilines is 1. The Kier molecular flexibility index (Phi) is 5.14. The first-order valence-corrected chi connectivity index (χ1v) is 8.89. The summed E-state index contributed by atoms with van der Waals surface area (Å²) in [5, 5.41) is 28.3. The minimum atomic E-state index is -0.561. The first kappa shape index (κ1) is 18.5. The Morgan fingerprint density at radius 2 is 1.96 bits per heavy atom. The summed E-state index contributed by atoms with van der Waals surface area (Å²) in [6, 6.07) is 8.40. The predicted molar refractivity (Wildman–Crippen MR) is 105 cm³/mol. The van der Waals surface area contributed by atoms with Crippen molar-refractivity contribution in [3.05, 3.63) is 53.0 Å². The van der Waals surface area contributed by atoms with Crippen LogP contribution in [0, 0.1) is 22.1 Å². The third-order valence-corrected chi connectivity index (χ3v) is 5.19. The molecule has 3 N–H and O–H groups in total. The van der Waals surface area contributed by atoms with E-state index in [4.69, 9.17) is 16.1 Å². The van der Waals surface area contributed by atoms with Crippen molar-refractivity contribution in [2.24, 2.45) is 0 Å². The summed E-state index contributed by atoms with van der Waals surface area (Å²) in [5.74, 6) is 0.0616. The predicted octanol–water partition coefficient (Wildman–Crippen LogP) is 3.69. The molecule has 0 radical (unpaired) electrons. The van der Waals surface area contributed by atoms with Gasteiger partial charge in [-0.15, -0.1) is 0 Å². The van der Waals surface area contributed by atoms with Gasteiger partial charge in [0.1, 0.15) is 23.3 Å². The molecule has 0 saturated heterocycles. The summed E-state index contributed by atoms with van der Waals surface area (Å²) in [7, 11) is 0. The minimum absolute atomic E-state index is 0.358. The van der Waals surface area contributed by atoms with Gasteiger partial charge in [0.2, 0.25) is 0 Å². The number of hydrogen-bond donors (Lipinski definition) is 3. The van der Waals surface area contributed by atoms with Crippen molar-refractivity contribution < 1.29 is 4.79 Å². The van der Waals surface area contributed by atoms with E-state index >= 15 is 0 Å². The summed E-state index contributed by atoms with van der Waals surface area (Å²) in [5.41, 5.74) is 3.77. The van der Waals surface area contributed by atoms with E-state index in [-0.39, 0.29) is 0 Å². The molecule has 2 heterocycles. The topological polar surface area (TPSA) is 126 Å². The smallest absolute Gasteiger partial charge is 0.262 e. The highest BCUT2D eigenvalue weighted by Crippen LogP contribution is 2.44. The number of benzene rings is 1. The SMILES string of the molecule is CC(=N)/C(C)=C1\C(=N)Sc2c(NCc3ccc(C(=O)C#N)cc3)ncnc21. The lowest BCUT2D eigenvalue weighted by molar-refractivity contribution is 0.105. The van der Waals surface area contributed by atoms with Crippen molar-refractivity contribution in [3.63, 3.8) is 0 Å². The van der Waals surface area contributed by atoms with Crippen molar-refractivity contribution in [1.29, 1.82) is 16.1 Å². The second-order valence-corrected chi connectivity index (χ2v) is 6.97. The Bertz CT molecular complexity index is 1030. The van der Waals surface area contributed by atoms with Crippen molar-refractivity contribution in [3.8, 4) is 6.07 Å². The second-order valence-electron chi connectivity index (χ2n) is 5.95. The van der Waals surface area contributed by atoms with Gasteiger partial charge < -0.3 is 10.7 Å². The number of allylic oxidation sites excluding steroid dienone is 1. The minimum Gasteiger partial charge on any atom is -0.365 e. The summed E-state index contributed by atoms with van der Waals surface area (Å²) < 4.78 is 0. The molecule has 0 atom stereocenters. The van der Waals surface area contributed by atoms with Crippen LogP contribution in [-0.2, 0) is 6.54 Å². The van der Waals surface area contributed by atoms with Gasteiger partial charge in [0, 0.05) is 23.4 Å². The highest BCUT2D eigenvalue weighted by Gasteiger charge is 2.29. The quantitative estimate of drug-likeness (QED) is 0.415. The molecular weight excluding hydrogens is 360 g/mol. The molecule has 1 aromatic heterocycles. The first-order chi connectivity index (χ1) is 12.9. The Hall–Kier alpha value is -3.31. The van der Waals surface area contributed by atoms with Gasteiger partial charge in [-0.2, -0.15) is 5.26 Å². The Morgan fingerprint density at radius 3 is 2.59 bits per heavy atom. The maximum Gasteiger partial charge on any atom is 0.262 e. The second kappa shape index (κ2) is 7.51. The number of aromatic nitrogens is 2. The molecule has 0 bridgehead atoms. The summed E-state index contributed by atoms with van der Waals surface area (Å²) in [4.78, 5) is 20.7. The zero-order valence-corrected chi connectivity index (χ0v) is 15.6. The number of thioether (sulfide) groups is 1. The molecule has 0 fully saturated rings. The molecule has 0 amide bonds. The number of nitrogens with one attached hydrogen (secondary N) is 3. The molecule has 2 aromatic rings. The van der Waals surface area contributed by atoms with Crippen molar-refractivity contribution in [1.82, 2.24) is 9.97 Å². The fourth-order valence-corrected chi connectivity index (χ4v) is 3.62. The van der Waals surface area contributed by atoms with E-state index in [9.17, 15) is 4.79 Å². The molecule has 1 aliphatic rings. The Morgan fingerprint density at radius 1 is 1.26 bits per heavy atom. The number of nitrogens with zero attached hydrogens (tertiary/aromatic N) is 3. The number of ketones is 1. The van der Waals surface area contributed by atoms with Crippen LogP contribution < -0.4 is 5.32 Å². The van der Waals surface area contributed by atoms with Gasteiger partial charge in [-0.05, 0) is 37.1 Å². The van der Waals surface area contributed by atoms with Gasteiger partial charge in [0.25, 0.3) is 5.78 Å². The van der Waals surface area contributed by atoms with Crippen LogP contribution >= 0.6 is 11.8 Å².